The summed E-state index contributed by atoms with van der Waals surface area (Å²) in [4.78, 5) is 35.8. The number of nitrogens with zero attached hydrogens (tertiary/aromatic N) is 1. The van der Waals surface area contributed by atoms with E-state index in [4.69, 9.17) is 9.84 Å². The maximum Gasteiger partial charge on any atom is 0.317 e. The number of aliphatic carboxylic acids is 1. The molecule has 1 saturated heterocycles. The van der Waals surface area contributed by atoms with Gasteiger partial charge in [0.25, 0.3) is 0 Å². The number of urea groups is 1. The van der Waals surface area contributed by atoms with E-state index in [9.17, 15) is 14.4 Å². The third-order valence-electron chi connectivity index (χ3n) is 3.75. The summed E-state index contributed by atoms with van der Waals surface area (Å²) in [6.07, 6.45) is 2.67. The van der Waals surface area contributed by atoms with Crippen LogP contribution in [0.25, 0.3) is 0 Å². The smallest absolute Gasteiger partial charge is 0.317 e. The van der Waals surface area contributed by atoms with Crippen molar-refractivity contribution in [3.05, 3.63) is 0 Å². The van der Waals surface area contributed by atoms with E-state index in [1.807, 2.05) is 0 Å². The Hall–Kier alpha value is -1.79. The van der Waals surface area contributed by atoms with E-state index in [0.29, 0.717) is 32.5 Å². The first-order valence-electron chi connectivity index (χ1n) is 7.29. The van der Waals surface area contributed by atoms with Gasteiger partial charge in [-0.1, -0.05) is 6.92 Å². The number of methoxy groups -OCH3 is 1. The Bertz CT molecular complexity index is 386. The van der Waals surface area contributed by atoms with Crippen molar-refractivity contribution in [2.24, 2.45) is 11.8 Å². The molecule has 2 N–H and O–H groups in total. The van der Waals surface area contributed by atoms with Gasteiger partial charge < -0.3 is 20.1 Å². The molecule has 2 unspecified atom stereocenters. The first-order valence-corrected chi connectivity index (χ1v) is 7.29. The highest BCUT2D eigenvalue weighted by atomic mass is 16.5. The van der Waals surface area contributed by atoms with E-state index in [-0.39, 0.29) is 17.9 Å². The van der Waals surface area contributed by atoms with Crippen molar-refractivity contribution in [1.82, 2.24) is 10.2 Å². The number of carbonyl (C=O) groups excluding carboxylic acids is 2. The van der Waals surface area contributed by atoms with Crippen molar-refractivity contribution in [2.45, 2.75) is 32.6 Å². The van der Waals surface area contributed by atoms with Gasteiger partial charge in [-0.05, 0) is 25.7 Å². The van der Waals surface area contributed by atoms with Crippen LogP contribution in [0.1, 0.15) is 32.6 Å². The second-order valence-corrected chi connectivity index (χ2v) is 5.42. The number of carbonyl (C=O) groups is 3. The van der Waals surface area contributed by atoms with E-state index in [1.54, 1.807) is 11.8 Å². The Balaban J connectivity index is 2.28. The average molecular weight is 300 g/mol. The van der Waals surface area contributed by atoms with Gasteiger partial charge in [-0.3, -0.25) is 9.59 Å². The Labute approximate surface area is 124 Å². The molecule has 2 amide bonds. The number of carboxylic acid groups (broad SMARTS) is 1. The lowest BCUT2D eigenvalue weighted by molar-refractivity contribution is -0.147. The molecule has 1 heterocycles. The van der Waals surface area contributed by atoms with Crippen LogP contribution in [-0.2, 0) is 14.3 Å². The lowest BCUT2D eigenvalue weighted by atomic mass is 9.98. The molecule has 0 saturated carbocycles. The lowest BCUT2D eigenvalue weighted by Gasteiger charge is -2.31. The van der Waals surface area contributed by atoms with Crippen LogP contribution < -0.4 is 5.32 Å². The maximum atomic E-state index is 12.0. The topological polar surface area (TPSA) is 95.9 Å². The summed E-state index contributed by atoms with van der Waals surface area (Å²) in [6, 6.07) is -0.202. The number of rotatable bonds is 6. The highest BCUT2D eigenvalue weighted by Crippen LogP contribution is 2.17. The van der Waals surface area contributed by atoms with Crippen LogP contribution in [-0.4, -0.2) is 54.7 Å². The van der Waals surface area contributed by atoms with E-state index < -0.39 is 11.9 Å². The molecule has 0 spiro atoms. The van der Waals surface area contributed by atoms with Crippen LogP contribution in [0.15, 0.2) is 0 Å². The summed E-state index contributed by atoms with van der Waals surface area (Å²) in [7, 11) is 1.35. The minimum atomic E-state index is -0.821. The van der Waals surface area contributed by atoms with Crippen molar-refractivity contribution < 1.29 is 24.2 Å². The molecule has 7 heteroatoms. The van der Waals surface area contributed by atoms with Gasteiger partial charge in [-0.15, -0.1) is 0 Å². The fourth-order valence-electron chi connectivity index (χ4n) is 2.36. The molecule has 0 aliphatic carbocycles. The van der Waals surface area contributed by atoms with Crippen molar-refractivity contribution >= 4 is 18.0 Å². The highest BCUT2D eigenvalue weighted by Gasteiger charge is 2.28. The molecule has 1 aliphatic rings. The van der Waals surface area contributed by atoms with Gasteiger partial charge in [-0.2, -0.15) is 0 Å². The first-order chi connectivity index (χ1) is 9.95. The fourth-order valence-corrected chi connectivity index (χ4v) is 2.36. The monoisotopic (exact) mass is 300 g/mol. The maximum absolute atomic E-state index is 12.0. The van der Waals surface area contributed by atoms with Gasteiger partial charge >= 0.3 is 18.0 Å². The molecule has 120 valence electrons. The van der Waals surface area contributed by atoms with Crippen molar-refractivity contribution in [2.75, 3.05) is 26.7 Å². The molecule has 0 aromatic rings. The van der Waals surface area contributed by atoms with Crippen molar-refractivity contribution in [1.29, 1.82) is 0 Å². The van der Waals surface area contributed by atoms with Gasteiger partial charge in [-0.25, -0.2) is 4.79 Å². The molecular weight excluding hydrogens is 276 g/mol. The number of piperidine rings is 1. The van der Waals surface area contributed by atoms with Crippen molar-refractivity contribution in [3.8, 4) is 0 Å². The quantitative estimate of drug-likeness (QED) is 0.565. The third kappa shape index (κ3) is 5.61. The molecule has 0 radical (unpaired) electrons. The predicted octanol–water partition coefficient (Wildman–Crippen LogP) is 1.08. The molecule has 1 aliphatic heterocycles. The molecule has 1 fully saturated rings. The van der Waals surface area contributed by atoms with Crippen LogP contribution in [0.5, 0.6) is 0 Å². The molecular formula is C14H24N2O5. The van der Waals surface area contributed by atoms with Gasteiger partial charge in [0, 0.05) is 19.6 Å². The summed E-state index contributed by atoms with van der Waals surface area (Å²) in [5.41, 5.74) is 0. The lowest BCUT2D eigenvalue weighted by Crippen LogP contribution is -2.47. The molecule has 7 nitrogen and oxygen atoms in total. The zero-order valence-electron chi connectivity index (χ0n) is 12.6. The van der Waals surface area contributed by atoms with Gasteiger partial charge in [0.15, 0.2) is 0 Å². The average Bonchev–Trinajstić information content (AvgIpc) is 2.50. The number of carboxylic acids is 1. The zero-order chi connectivity index (χ0) is 15.8. The molecule has 2 atom stereocenters. The van der Waals surface area contributed by atoms with Gasteiger partial charge in [0.2, 0.25) is 0 Å². The van der Waals surface area contributed by atoms with Crippen LogP contribution in [0.3, 0.4) is 0 Å². The summed E-state index contributed by atoms with van der Waals surface area (Å²) >= 11 is 0. The Morgan fingerprint density at radius 3 is 2.76 bits per heavy atom. The molecule has 21 heavy (non-hydrogen) atoms. The van der Waals surface area contributed by atoms with E-state index in [2.05, 4.69) is 5.32 Å². The van der Waals surface area contributed by atoms with Crippen LogP contribution >= 0.6 is 0 Å². The number of hydrogen-bond acceptors (Lipinski definition) is 4. The van der Waals surface area contributed by atoms with E-state index in [0.717, 1.165) is 12.8 Å². The number of likely N-dealkylation sites (tertiary alicyclic amines) is 1. The molecule has 0 aromatic heterocycles. The first kappa shape index (κ1) is 17.3. The molecule has 0 aromatic carbocycles. The van der Waals surface area contributed by atoms with Crippen molar-refractivity contribution in [3.63, 3.8) is 0 Å². The highest BCUT2D eigenvalue weighted by molar-refractivity contribution is 5.77. The van der Waals surface area contributed by atoms with Gasteiger partial charge in [0.05, 0.1) is 18.9 Å². The Morgan fingerprint density at radius 1 is 1.43 bits per heavy atom. The van der Waals surface area contributed by atoms with Crippen LogP contribution in [0.4, 0.5) is 4.79 Å². The van der Waals surface area contributed by atoms with Gasteiger partial charge in [0.1, 0.15) is 0 Å². The number of ether oxygens (including phenoxy) is 1. The third-order valence-corrected chi connectivity index (χ3v) is 3.75. The normalized spacial score (nSPS) is 19.7. The number of hydrogen-bond donors (Lipinski definition) is 2. The Morgan fingerprint density at radius 2 is 2.14 bits per heavy atom. The Kier molecular flexibility index (Phi) is 6.98. The summed E-state index contributed by atoms with van der Waals surface area (Å²) in [5, 5.41) is 11.5. The predicted molar refractivity (Wildman–Crippen MR) is 75.7 cm³/mol. The minimum absolute atomic E-state index is 0.202. The van der Waals surface area contributed by atoms with E-state index >= 15 is 0 Å². The summed E-state index contributed by atoms with van der Waals surface area (Å²) in [6.45, 7) is 3.10. The summed E-state index contributed by atoms with van der Waals surface area (Å²) < 4.78 is 4.71. The van der Waals surface area contributed by atoms with Crippen LogP contribution in [0, 0.1) is 11.8 Å². The summed E-state index contributed by atoms with van der Waals surface area (Å²) in [5.74, 6) is -1.75. The second-order valence-electron chi connectivity index (χ2n) is 5.42. The second kappa shape index (κ2) is 8.49. The minimum Gasteiger partial charge on any atom is -0.481 e. The fraction of sp³-hybridized carbons (Fsp3) is 0.786. The number of nitrogens with one attached hydrogen (secondary N) is 1. The van der Waals surface area contributed by atoms with Crippen LogP contribution in [0.2, 0.25) is 0 Å². The van der Waals surface area contributed by atoms with E-state index in [1.165, 1.54) is 7.11 Å². The molecule has 1 rings (SSSR count). The largest absolute Gasteiger partial charge is 0.481 e. The zero-order valence-corrected chi connectivity index (χ0v) is 12.6. The SMILES string of the molecule is COC(=O)C1CCCN(C(=O)NCCCC(C)C(=O)O)C1. The molecule has 0 bridgehead atoms. The number of amides is 2. The standard InChI is InChI=1S/C14H24N2O5/c1-10(12(17)18)5-3-7-15-14(20)16-8-4-6-11(9-16)13(19)21-2/h10-11H,3-9H2,1-2H3,(H,15,20)(H,17,18). The number of esters is 1.